The number of aromatic nitrogens is 2. The van der Waals surface area contributed by atoms with Crippen LogP contribution in [-0.4, -0.2) is 27.0 Å². The summed E-state index contributed by atoms with van der Waals surface area (Å²) in [7, 11) is 0. The van der Waals surface area contributed by atoms with E-state index in [-0.39, 0.29) is 16.3 Å². The van der Waals surface area contributed by atoms with Crippen LogP contribution in [0.5, 0.6) is 0 Å². The lowest BCUT2D eigenvalue weighted by atomic mass is 9.94. The zero-order valence-corrected chi connectivity index (χ0v) is 23.8. The number of thioether (sulfide) groups is 1. The monoisotopic (exact) mass is 581 g/mol. The minimum atomic E-state index is -0.955. The molecule has 1 saturated heterocycles. The average Bonchev–Trinajstić information content (AvgIpc) is 3.55. The molecule has 6 nitrogen and oxygen atoms in total. The Morgan fingerprint density at radius 1 is 0.976 bits per heavy atom. The molecule has 2 heterocycles. The standard InChI is InChI=1S/C32H24FN3O3S2/c1-18-10-13-21(14-11-18)27-26(28(37)22-15-12-19(2)25(33)16-22)29(38)30(39)36(27)31-34-35-32(41-31)40-17-23-8-5-7-20-6-3-4-9-24(20)23/h3-16,27,37H,17H2,1-2H3/t27-/m1/s1. The first-order chi connectivity index (χ1) is 19.8. The average molecular weight is 582 g/mol. The second kappa shape index (κ2) is 10.9. The number of nitrogens with zero attached hydrogens (tertiary/aromatic N) is 3. The Morgan fingerprint density at radius 2 is 1.73 bits per heavy atom. The minimum Gasteiger partial charge on any atom is -0.507 e. The van der Waals surface area contributed by atoms with Crippen molar-refractivity contribution in [2.75, 3.05) is 4.90 Å². The van der Waals surface area contributed by atoms with E-state index in [9.17, 15) is 19.1 Å². The van der Waals surface area contributed by atoms with Gasteiger partial charge in [0.1, 0.15) is 11.6 Å². The molecule has 0 unspecified atom stereocenters. The number of anilines is 1. The van der Waals surface area contributed by atoms with Crippen molar-refractivity contribution in [2.24, 2.45) is 0 Å². The van der Waals surface area contributed by atoms with Crippen LogP contribution in [-0.2, 0) is 15.3 Å². The number of halogens is 1. The van der Waals surface area contributed by atoms with Crippen LogP contribution in [0.1, 0.15) is 33.9 Å². The van der Waals surface area contributed by atoms with Crippen molar-refractivity contribution in [2.45, 2.75) is 30.0 Å². The highest BCUT2D eigenvalue weighted by molar-refractivity contribution is 8.00. The highest BCUT2D eigenvalue weighted by atomic mass is 32.2. The number of hydrogen-bond donors (Lipinski definition) is 1. The molecule has 1 aliphatic heterocycles. The topological polar surface area (TPSA) is 83.4 Å². The Kier molecular flexibility index (Phi) is 7.15. The van der Waals surface area contributed by atoms with Crippen molar-refractivity contribution < 1.29 is 19.1 Å². The lowest BCUT2D eigenvalue weighted by molar-refractivity contribution is -0.132. The number of carbonyl (C=O) groups excluding carboxylic acids is 2. The summed E-state index contributed by atoms with van der Waals surface area (Å²) in [6.07, 6.45) is 0. The third-order valence-corrected chi connectivity index (χ3v) is 9.22. The predicted octanol–water partition coefficient (Wildman–Crippen LogP) is 7.37. The maximum atomic E-state index is 14.4. The molecule has 0 saturated carbocycles. The molecule has 41 heavy (non-hydrogen) atoms. The normalized spacial score (nSPS) is 16.6. The maximum Gasteiger partial charge on any atom is 0.301 e. The lowest BCUT2D eigenvalue weighted by Gasteiger charge is -2.22. The fourth-order valence-corrected chi connectivity index (χ4v) is 6.78. The second-order valence-electron chi connectivity index (χ2n) is 9.82. The van der Waals surface area contributed by atoms with Crippen LogP contribution in [0, 0.1) is 19.7 Å². The molecular formula is C32H24FN3O3S2. The van der Waals surface area contributed by atoms with Crippen LogP contribution in [0.3, 0.4) is 0 Å². The van der Waals surface area contributed by atoms with E-state index < -0.39 is 29.3 Å². The zero-order valence-electron chi connectivity index (χ0n) is 22.2. The third kappa shape index (κ3) is 5.03. The molecule has 1 aliphatic rings. The molecule has 4 aromatic carbocycles. The smallest absolute Gasteiger partial charge is 0.301 e. The Bertz CT molecular complexity index is 1840. The largest absolute Gasteiger partial charge is 0.507 e. The maximum absolute atomic E-state index is 14.4. The van der Waals surface area contributed by atoms with Gasteiger partial charge in [0.15, 0.2) is 4.34 Å². The number of aliphatic hydroxyl groups is 1. The van der Waals surface area contributed by atoms with E-state index in [1.807, 2.05) is 37.3 Å². The van der Waals surface area contributed by atoms with Crippen molar-refractivity contribution in [3.8, 4) is 0 Å². The summed E-state index contributed by atoms with van der Waals surface area (Å²) < 4.78 is 15.0. The number of aliphatic hydroxyl groups excluding tert-OH is 1. The van der Waals surface area contributed by atoms with Gasteiger partial charge in [-0.3, -0.25) is 14.5 Å². The SMILES string of the molecule is Cc1ccc([C@@H]2C(=C(O)c3ccc(C)c(F)c3)C(=O)C(=O)N2c2nnc(SCc3cccc4ccccc34)s2)cc1. The van der Waals surface area contributed by atoms with Gasteiger partial charge in [-0.1, -0.05) is 108 Å². The van der Waals surface area contributed by atoms with Crippen molar-refractivity contribution >= 4 is 56.5 Å². The summed E-state index contributed by atoms with van der Waals surface area (Å²) in [6.45, 7) is 3.54. The van der Waals surface area contributed by atoms with Crippen molar-refractivity contribution in [3.63, 3.8) is 0 Å². The number of carbonyl (C=O) groups is 2. The number of Topliss-reactive ketones (excluding diaryl/α,β-unsaturated/α-hetero) is 1. The van der Waals surface area contributed by atoms with Gasteiger partial charge in [0.25, 0.3) is 5.78 Å². The molecule has 0 radical (unpaired) electrons. The number of hydrogen-bond acceptors (Lipinski definition) is 7. The molecule has 1 fully saturated rings. The molecule has 1 aromatic heterocycles. The molecule has 1 N–H and O–H groups in total. The number of amides is 1. The second-order valence-corrected chi connectivity index (χ2v) is 12.0. The van der Waals surface area contributed by atoms with E-state index in [0.29, 0.717) is 21.2 Å². The van der Waals surface area contributed by atoms with Crippen LogP contribution in [0.15, 0.2) is 94.8 Å². The Balaban J connectivity index is 1.37. The summed E-state index contributed by atoms with van der Waals surface area (Å²) in [5.74, 6) is -2.01. The molecule has 1 amide bonds. The Hall–Kier alpha value is -4.34. The van der Waals surface area contributed by atoms with Crippen LogP contribution in [0.2, 0.25) is 0 Å². The molecule has 0 spiro atoms. The first kappa shape index (κ1) is 26.9. The summed E-state index contributed by atoms with van der Waals surface area (Å²) in [5.41, 5.74) is 3.15. The van der Waals surface area contributed by atoms with Gasteiger partial charge in [-0.25, -0.2) is 4.39 Å². The number of fused-ring (bicyclic) bond motifs is 1. The van der Waals surface area contributed by atoms with Crippen molar-refractivity contribution in [1.29, 1.82) is 0 Å². The molecule has 9 heteroatoms. The van der Waals surface area contributed by atoms with Gasteiger partial charge in [-0.05, 0) is 47.4 Å². The van der Waals surface area contributed by atoms with Gasteiger partial charge in [0.05, 0.1) is 11.6 Å². The molecule has 204 valence electrons. The Labute approximate surface area is 244 Å². The molecular weight excluding hydrogens is 558 g/mol. The third-order valence-electron chi connectivity index (χ3n) is 7.12. The van der Waals surface area contributed by atoms with Gasteiger partial charge in [0, 0.05) is 11.3 Å². The first-order valence-electron chi connectivity index (χ1n) is 12.9. The molecule has 5 aromatic rings. The fourth-order valence-electron chi connectivity index (χ4n) is 4.91. The summed E-state index contributed by atoms with van der Waals surface area (Å²) >= 11 is 2.70. The van der Waals surface area contributed by atoms with Crippen molar-refractivity contribution in [1.82, 2.24) is 10.2 Å². The van der Waals surface area contributed by atoms with Crippen LogP contribution in [0.25, 0.3) is 16.5 Å². The molecule has 1 atom stereocenters. The van der Waals surface area contributed by atoms with Crippen LogP contribution >= 0.6 is 23.1 Å². The van der Waals surface area contributed by atoms with Gasteiger partial charge in [-0.2, -0.15) is 0 Å². The van der Waals surface area contributed by atoms with Gasteiger partial charge in [-0.15, -0.1) is 10.2 Å². The summed E-state index contributed by atoms with van der Waals surface area (Å²) in [4.78, 5) is 28.1. The highest BCUT2D eigenvalue weighted by Crippen LogP contribution is 2.44. The van der Waals surface area contributed by atoms with E-state index in [1.165, 1.54) is 40.1 Å². The number of rotatable bonds is 6. The minimum absolute atomic E-state index is 0.117. The van der Waals surface area contributed by atoms with Crippen LogP contribution < -0.4 is 4.90 Å². The number of aryl methyl sites for hydroxylation is 2. The van der Waals surface area contributed by atoms with E-state index in [2.05, 4.69) is 34.5 Å². The summed E-state index contributed by atoms with van der Waals surface area (Å²) in [5, 5.41) is 22.4. The molecule has 0 bridgehead atoms. The zero-order chi connectivity index (χ0) is 28.7. The van der Waals surface area contributed by atoms with E-state index in [1.54, 1.807) is 19.1 Å². The Morgan fingerprint density at radius 3 is 2.51 bits per heavy atom. The van der Waals surface area contributed by atoms with Crippen LogP contribution in [0.4, 0.5) is 9.52 Å². The van der Waals surface area contributed by atoms with Gasteiger partial charge in [0.2, 0.25) is 5.13 Å². The highest BCUT2D eigenvalue weighted by Gasteiger charge is 2.48. The van der Waals surface area contributed by atoms with Gasteiger partial charge < -0.3 is 5.11 Å². The molecule has 6 rings (SSSR count). The predicted molar refractivity (Wildman–Crippen MR) is 161 cm³/mol. The first-order valence-corrected chi connectivity index (χ1v) is 14.7. The van der Waals surface area contributed by atoms with Crippen molar-refractivity contribution in [3.05, 3.63) is 124 Å². The fraction of sp³-hybridized carbons (Fsp3) is 0.125. The number of ketones is 1. The van der Waals surface area contributed by atoms with E-state index in [0.717, 1.165) is 28.0 Å². The van der Waals surface area contributed by atoms with E-state index in [4.69, 9.17) is 0 Å². The molecule has 0 aliphatic carbocycles. The lowest BCUT2D eigenvalue weighted by Crippen LogP contribution is -2.29. The quantitative estimate of drug-likeness (QED) is 0.0741. The summed E-state index contributed by atoms with van der Waals surface area (Å²) in [6, 6.07) is 24.9. The number of benzene rings is 4. The van der Waals surface area contributed by atoms with Gasteiger partial charge >= 0.3 is 5.91 Å². The van der Waals surface area contributed by atoms with E-state index >= 15 is 0 Å².